The number of aryl methyl sites for hydroxylation is 1. The molecule has 1 atom stereocenters. The molecular weight excluding hydrogens is 400 g/mol. The number of benzene rings is 2. The van der Waals surface area contributed by atoms with E-state index >= 15 is 0 Å². The Kier molecular flexibility index (Phi) is 5.40. The van der Waals surface area contributed by atoms with Gasteiger partial charge in [0, 0.05) is 30.3 Å². The highest BCUT2D eigenvalue weighted by molar-refractivity contribution is 7.92. The second-order valence-corrected chi connectivity index (χ2v) is 10.6. The largest absolute Gasteiger partial charge is 0.326 e. The van der Waals surface area contributed by atoms with Gasteiger partial charge in [0.25, 0.3) is 0 Å². The van der Waals surface area contributed by atoms with Crippen molar-refractivity contribution in [1.29, 1.82) is 0 Å². The van der Waals surface area contributed by atoms with Crippen LogP contribution in [-0.2, 0) is 25.8 Å². The first-order chi connectivity index (χ1) is 14.3. The third-order valence-electron chi connectivity index (χ3n) is 5.89. The number of rotatable bonds is 6. The molecule has 1 heterocycles. The molecule has 0 bridgehead atoms. The zero-order valence-corrected chi connectivity index (χ0v) is 18.0. The van der Waals surface area contributed by atoms with Crippen LogP contribution in [0.5, 0.6) is 0 Å². The van der Waals surface area contributed by atoms with Crippen LogP contribution in [0.15, 0.2) is 47.4 Å². The monoisotopic (exact) mass is 426 g/mol. The van der Waals surface area contributed by atoms with Crippen molar-refractivity contribution in [3.63, 3.8) is 0 Å². The van der Waals surface area contributed by atoms with Gasteiger partial charge in [-0.1, -0.05) is 18.2 Å². The number of nitrogens with zero attached hydrogens (tertiary/aromatic N) is 1. The molecule has 30 heavy (non-hydrogen) atoms. The molecule has 1 N–H and O–H groups in total. The molecule has 1 saturated carbocycles. The molecule has 2 aromatic carbocycles. The van der Waals surface area contributed by atoms with Crippen LogP contribution in [0, 0.1) is 12.8 Å². The van der Waals surface area contributed by atoms with Crippen molar-refractivity contribution in [3.05, 3.63) is 53.6 Å². The SMILES string of the molecule is Cc1ccccc1NC(=O)CC(C)S(=O)(=O)c1ccc2c(c1)CCN2C(=O)C1CC1. The third kappa shape index (κ3) is 3.99. The van der Waals surface area contributed by atoms with Crippen molar-refractivity contribution in [2.24, 2.45) is 5.92 Å². The number of para-hydroxylation sites is 1. The standard InChI is InChI=1S/C23H26N2O4S/c1-15-5-3-4-6-20(15)24-22(26)13-16(2)30(28,29)19-9-10-21-18(14-19)11-12-25(21)23(27)17-7-8-17/h3-6,9-10,14,16-17H,7-8,11-13H2,1-2H3,(H,24,26). The van der Waals surface area contributed by atoms with Gasteiger partial charge in [-0.25, -0.2) is 8.42 Å². The highest BCUT2D eigenvalue weighted by atomic mass is 32.2. The molecule has 0 radical (unpaired) electrons. The topological polar surface area (TPSA) is 83.6 Å². The van der Waals surface area contributed by atoms with E-state index in [-0.39, 0.29) is 29.0 Å². The molecule has 2 amide bonds. The molecular formula is C23H26N2O4S. The van der Waals surface area contributed by atoms with Crippen LogP contribution < -0.4 is 10.2 Å². The Morgan fingerprint density at radius 1 is 1.17 bits per heavy atom. The lowest BCUT2D eigenvalue weighted by atomic mass is 10.2. The molecule has 1 aliphatic heterocycles. The van der Waals surface area contributed by atoms with Crippen LogP contribution in [0.4, 0.5) is 11.4 Å². The number of carbonyl (C=O) groups is 2. The lowest BCUT2D eigenvalue weighted by Crippen LogP contribution is -2.30. The molecule has 0 spiro atoms. The summed E-state index contributed by atoms with van der Waals surface area (Å²) in [7, 11) is -3.66. The van der Waals surface area contributed by atoms with E-state index < -0.39 is 15.1 Å². The van der Waals surface area contributed by atoms with Crippen LogP contribution in [0.25, 0.3) is 0 Å². The summed E-state index contributed by atoms with van der Waals surface area (Å²) in [5.41, 5.74) is 3.30. The fourth-order valence-electron chi connectivity index (χ4n) is 3.85. The van der Waals surface area contributed by atoms with Gasteiger partial charge >= 0.3 is 0 Å². The smallest absolute Gasteiger partial charge is 0.230 e. The zero-order chi connectivity index (χ0) is 21.5. The van der Waals surface area contributed by atoms with E-state index in [4.69, 9.17) is 0 Å². The maximum atomic E-state index is 13.1. The van der Waals surface area contributed by atoms with Gasteiger partial charge in [-0.3, -0.25) is 9.59 Å². The van der Waals surface area contributed by atoms with Gasteiger partial charge in [-0.05, 0) is 68.5 Å². The highest BCUT2D eigenvalue weighted by Gasteiger charge is 2.37. The maximum absolute atomic E-state index is 13.1. The van der Waals surface area contributed by atoms with Crippen LogP contribution in [-0.4, -0.2) is 32.0 Å². The van der Waals surface area contributed by atoms with Crippen LogP contribution in [0.3, 0.4) is 0 Å². The number of amides is 2. The Labute approximate surface area is 177 Å². The molecule has 158 valence electrons. The summed E-state index contributed by atoms with van der Waals surface area (Å²) < 4.78 is 26.1. The number of nitrogens with one attached hydrogen (secondary N) is 1. The summed E-state index contributed by atoms with van der Waals surface area (Å²) in [6.07, 6.45) is 2.41. The minimum atomic E-state index is -3.66. The summed E-state index contributed by atoms with van der Waals surface area (Å²) in [4.78, 5) is 26.8. The lowest BCUT2D eigenvalue weighted by molar-refractivity contribution is -0.119. The molecule has 1 fully saturated rings. The Bertz CT molecular complexity index is 1110. The van der Waals surface area contributed by atoms with Crippen molar-refractivity contribution < 1.29 is 18.0 Å². The summed E-state index contributed by atoms with van der Waals surface area (Å²) in [5, 5.41) is 1.94. The summed E-state index contributed by atoms with van der Waals surface area (Å²) in [6, 6.07) is 12.3. The first kappa shape index (κ1) is 20.6. The maximum Gasteiger partial charge on any atom is 0.230 e. The van der Waals surface area contributed by atoms with Crippen LogP contribution in [0.1, 0.15) is 37.3 Å². The van der Waals surface area contributed by atoms with Gasteiger partial charge in [-0.2, -0.15) is 0 Å². The van der Waals surface area contributed by atoms with Crippen molar-refractivity contribution in [2.75, 3.05) is 16.8 Å². The van der Waals surface area contributed by atoms with Crippen LogP contribution >= 0.6 is 0 Å². The normalized spacial score (nSPS) is 16.8. The Morgan fingerprint density at radius 3 is 2.60 bits per heavy atom. The Balaban J connectivity index is 1.47. The van der Waals surface area contributed by atoms with E-state index in [1.165, 1.54) is 0 Å². The molecule has 4 rings (SSSR count). The Hall–Kier alpha value is -2.67. The van der Waals surface area contributed by atoms with Gasteiger partial charge in [-0.15, -0.1) is 0 Å². The molecule has 2 aliphatic rings. The number of sulfone groups is 1. The van der Waals surface area contributed by atoms with E-state index in [2.05, 4.69) is 5.32 Å². The number of hydrogen-bond acceptors (Lipinski definition) is 4. The average Bonchev–Trinajstić information content (AvgIpc) is 3.48. The second kappa shape index (κ2) is 7.87. The van der Waals surface area contributed by atoms with Crippen molar-refractivity contribution >= 4 is 33.0 Å². The predicted molar refractivity (Wildman–Crippen MR) is 116 cm³/mol. The molecule has 2 aromatic rings. The first-order valence-electron chi connectivity index (χ1n) is 10.3. The van der Waals surface area contributed by atoms with E-state index in [1.807, 2.05) is 25.1 Å². The second-order valence-electron chi connectivity index (χ2n) is 8.23. The molecule has 0 aromatic heterocycles. The van der Waals surface area contributed by atoms with E-state index in [9.17, 15) is 18.0 Å². The molecule has 0 saturated heterocycles. The highest BCUT2D eigenvalue weighted by Crippen LogP contribution is 2.37. The summed E-state index contributed by atoms with van der Waals surface area (Å²) in [5.74, 6) is -0.0560. The fourth-order valence-corrected chi connectivity index (χ4v) is 5.25. The van der Waals surface area contributed by atoms with Gasteiger partial charge in [0.15, 0.2) is 9.84 Å². The minimum absolute atomic E-state index is 0.125. The Morgan fingerprint density at radius 2 is 1.90 bits per heavy atom. The van der Waals surface area contributed by atoms with E-state index in [0.29, 0.717) is 18.7 Å². The molecule has 6 nitrogen and oxygen atoms in total. The zero-order valence-electron chi connectivity index (χ0n) is 17.2. The lowest BCUT2D eigenvalue weighted by Gasteiger charge is -2.18. The predicted octanol–water partition coefficient (Wildman–Crippen LogP) is 3.49. The van der Waals surface area contributed by atoms with Gasteiger partial charge in [0.05, 0.1) is 10.1 Å². The van der Waals surface area contributed by atoms with Crippen molar-refractivity contribution in [1.82, 2.24) is 0 Å². The van der Waals surface area contributed by atoms with E-state index in [0.717, 1.165) is 29.7 Å². The summed E-state index contributed by atoms with van der Waals surface area (Å²) >= 11 is 0. The molecule has 7 heteroatoms. The van der Waals surface area contributed by atoms with Gasteiger partial charge in [0.2, 0.25) is 11.8 Å². The van der Waals surface area contributed by atoms with Gasteiger partial charge in [0.1, 0.15) is 0 Å². The van der Waals surface area contributed by atoms with Crippen molar-refractivity contribution in [3.8, 4) is 0 Å². The average molecular weight is 427 g/mol. The summed E-state index contributed by atoms with van der Waals surface area (Å²) in [6.45, 7) is 4.04. The fraction of sp³-hybridized carbons (Fsp3) is 0.391. The number of anilines is 2. The van der Waals surface area contributed by atoms with Crippen LogP contribution in [0.2, 0.25) is 0 Å². The molecule has 1 unspecified atom stereocenters. The number of carbonyl (C=O) groups excluding carboxylic acids is 2. The first-order valence-corrected chi connectivity index (χ1v) is 11.9. The quantitative estimate of drug-likeness (QED) is 0.766. The van der Waals surface area contributed by atoms with E-state index in [1.54, 1.807) is 36.1 Å². The third-order valence-corrected chi connectivity index (χ3v) is 8.03. The minimum Gasteiger partial charge on any atom is -0.326 e. The van der Waals surface area contributed by atoms with Gasteiger partial charge < -0.3 is 10.2 Å². The number of fused-ring (bicyclic) bond motifs is 1. The molecule has 1 aliphatic carbocycles. The number of hydrogen-bond donors (Lipinski definition) is 1. The van der Waals surface area contributed by atoms with Crippen molar-refractivity contribution in [2.45, 2.75) is 49.7 Å².